The van der Waals surface area contributed by atoms with Crippen molar-refractivity contribution >= 4 is 17.1 Å². The Kier molecular flexibility index (Phi) is 2.70. The molecule has 2 rings (SSSR count). The van der Waals surface area contributed by atoms with Crippen LogP contribution in [0.5, 0.6) is 0 Å². The van der Waals surface area contributed by atoms with E-state index in [0.717, 1.165) is 22.8 Å². The van der Waals surface area contributed by atoms with E-state index in [-0.39, 0.29) is 0 Å². The van der Waals surface area contributed by atoms with Crippen molar-refractivity contribution < 1.29 is 4.74 Å². The molecular formula is C10H11ClN2O. The highest BCUT2D eigenvalue weighted by atomic mass is 35.5. The van der Waals surface area contributed by atoms with Crippen molar-refractivity contribution in [3.05, 3.63) is 35.4 Å². The highest BCUT2D eigenvalue weighted by molar-refractivity contribution is 6.33. The summed E-state index contributed by atoms with van der Waals surface area (Å²) in [6.45, 7) is 0.672. The molecule has 2 aromatic rings. The zero-order chi connectivity index (χ0) is 9.97. The van der Waals surface area contributed by atoms with E-state index in [9.17, 15) is 0 Å². The molecule has 0 unspecified atom stereocenters. The summed E-state index contributed by atoms with van der Waals surface area (Å²) in [6, 6.07) is 3.77. The Hall–Kier alpha value is -1.06. The first-order chi connectivity index (χ1) is 6.83. The number of methoxy groups -OCH3 is 1. The lowest BCUT2D eigenvalue weighted by molar-refractivity contribution is 0.200. The smallest absolute Gasteiger partial charge is 0.115 e. The van der Waals surface area contributed by atoms with Gasteiger partial charge in [0.25, 0.3) is 0 Å². The minimum atomic E-state index is 0.672. The van der Waals surface area contributed by atoms with Gasteiger partial charge in [0.05, 0.1) is 23.3 Å². The van der Waals surface area contributed by atoms with Gasteiger partial charge in [-0.2, -0.15) is 0 Å². The van der Waals surface area contributed by atoms with Gasteiger partial charge in [-0.05, 0) is 12.1 Å². The Morgan fingerprint density at radius 2 is 2.43 bits per heavy atom. The van der Waals surface area contributed by atoms with E-state index in [2.05, 4.69) is 4.98 Å². The van der Waals surface area contributed by atoms with E-state index in [1.807, 2.05) is 22.7 Å². The fourth-order valence-electron chi connectivity index (χ4n) is 1.42. The number of pyridine rings is 1. The van der Waals surface area contributed by atoms with Crippen LogP contribution in [0.25, 0.3) is 5.52 Å². The largest absolute Gasteiger partial charge is 0.384 e. The number of imidazole rings is 1. The minimum absolute atomic E-state index is 0.672. The molecule has 0 saturated carbocycles. The Morgan fingerprint density at radius 1 is 1.57 bits per heavy atom. The maximum Gasteiger partial charge on any atom is 0.115 e. The van der Waals surface area contributed by atoms with E-state index in [1.54, 1.807) is 13.3 Å². The monoisotopic (exact) mass is 210 g/mol. The number of hydrogen-bond acceptors (Lipinski definition) is 2. The molecule has 74 valence electrons. The molecule has 0 amide bonds. The van der Waals surface area contributed by atoms with Crippen molar-refractivity contribution in [3.63, 3.8) is 0 Å². The molecule has 0 aliphatic rings. The molecule has 14 heavy (non-hydrogen) atoms. The van der Waals surface area contributed by atoms with Crippen molar-refractivity contribution in [2.24, 2.45) is 0 Å². The van der Waals surface area contributed by atoms with Gasteiger partial charge < -0.3 is 9.14 Å². The number of halogens is 1. The van der Waals surface area contributed by atoms with Gasteiger partial charge in [0, 0.05) is 19.7 Å². The second-order valence-corrected chi connectivity index (χ2v) is 3.44. The third-order valence-electron chi connectivity index (χ3n) is 2.13. The lowest BCUT2D eigenvalue weighted by Gasteiger charge is -2.00. The van der Waals surface area contributed by atoms with Gasteiger partial charge in [-0.3, -0.25) is 0 Å². The highest BCUT2D eigenvalue weighted by Crippen LogP contribution is 2.17. The second-order valence-electron chi connectivity index (χ2n) is 3.03. The maximum atomic E-state index is 6.01. The predicted octanol–water partition coefficient (Wildman–Crippen LogP) is 2.18. The quantitative estimate of drug-likeness (QED) is 0.777. The van der Waals surface area contributed by atoms with Crippen molar-refractivity contribution in [3.8, 4) is 0 Å². The molecule has 0 spiro atoms. The van der Waals surface area contributed by atoms with Crippen LogP contribution in [0.1, 0.15) is 5.82 Å². The van der Waals surface area contributed by atoms with Gasteiger partial charge in [-0.1, -0.05) is 11.6 Å². The maximum absolute atomic E-state index is 6.01. The van der Waals surface area contributed by atoms with E-state index in [0.29, 0.717) is 6.61 Å². The number of hydrogen-bond donors (Lipinski definition) is 0. The Labute approximate surface area is 87.3 Å². The third kappa shape index (κ3) is 1.61. The van der Waals surface area contributed by atoms with E-state index < -0.39 is 0 Å². The summed E-state index contributed by atoms with van der Waals surface area (Å²) < 4.78 is 7.00. The standard InChI is InChI=1S/C10H11ClN2O/c1-14-6-4-10-12-7-9-8(11)3-2-5-13(9)10/h2-3,5,7H,4,6H2,1H3. The third-order valence-corrected chi connectivity index (χ3v) is 2.45. The van der Waals surface area contributed by atoms with Crippen molar-refractivity contribution in [1.29, 1.82) is 0 Å². The summed E-state index contributed by atoms with van der Waals surface area (Å²) in [6.07, 6.45) is 4.54. The number of fused-ring (bicyclic) bond motifs is 1. The molecule has 3 nitrogen and oxygen atoms in total. The van der Waals surface area contributed by atoms with Crippen molar-refractivity contribution in [1.82, 2.24) is 9.38 Å². The first-order valence-electron chi connectivity index (χ1n) is 4.42. The molecule has 0 atom stereocenters. The molecule has 0 aliphatic carbocycles. The molecule has 0 fully saturated rings. The molecule has 0 radical (unpaired) electrons. The van der Waals surface area contributed by atoms with Crippen molar-refractivity contribution in [2.75, 3.05) is 13.7 Å². The Balaban J connectivity index is 2.42. The summed E-state index contributed by atoms with van der Waals surface area (Å²) in [7, 11) is 1.68. The summed E-state index contributed by atoms with van der Waals surface area (Å²) in [4.78, 5) is 4.29. The van der Waals surface area contributed by atoms with Gasteiger partial charge in [0.1, 0.15) is 5.82 Å². The van der Waals surface area contributed by atoms with Gasteiger partial charge in [-0.15, -0.1) is 0 Å². The molecule has 4 heteroatoms. The Morgan fingerprint density at radius 3 is 3.21 bits per heavy atom. The van der Waals surface area contributed by atoms with Crippen LogP contribution in [-0.4, -0.2) is 23.1 Å². The molecular weight excluding hydrogens is 200 g/mol. The van der Waals surface area contributed by atoms with E-state index in [1.165, 1.54) is 0 Å². The summed E-state index contributed by atoms with van der Waals surface area (Å²) in [5.74, 6) is 0.976. The van der Waals surface area contributed by atoms with Crippen LogP contribution >= 0.6 is 11.6 Å². The molecule has 2 aromatic heterocycles. The van der Waals surface area contributed by atoms with Gasteiger partial charge in [0.15, 0.2) is 0 Å². The van der Waals surface area contributed by atoms with Crippen molar-refractivity contribution in [2.45, 2.75) is 6.42 Å². The fraction of sp³-hybridized carbons (Fsp3) is 0.300. The highest BCUT2D eigenvalue weighted by Gasteiger charge is 2.04. The van der Waals surface area contributed by atoms with Crippen LogP contribution in [-0.2, 0) is 11.2 Å². The fourth-order valence-corrected chi connectivity index (χ4v) is 1.63. The van der Waals surface area contributed by atoms with Crippen LogP contribution in [0, 0.1) is 0 Å². The molecule has 0 aromatic carbocycles. The zero-order valence-electron chi connectivity index (χ0n) is 7.90. The normalized spacial score (nSPS) is 11.0. The molecule has 0 bridgehead atoms. The summed E-state index contributed by atoms with van der Waals surface area (Å²) in [5, 5.41) is 0.726. The molecule has 0 N–H and O–H groups in total. The average molecular weight is 211 g/mol. The summed E-state index contributed by atoms with van der Waals surface area (Å²) in [5.41, 5.74) is 0.945. The van der Waals surface area contributed by atoms with Gasteiger partial charge >= 0.3 is 0 Å². The topological polar surface area (TPSA) is 26.5 Å². The first-order valence-corrected chi connectivity index (χ1v) is 4.80. The first kappa shape index (κ1) is 9.49. The Bertz CT molecular complexity index is 439. The van der Waals surface area contributed by atoms with E-state index >= 15 is 0 Å². The molecule has 0 aliphatic heterocycles. The van der Waals surface area contributed by atoms with Gasteiger partial charge in [0.2, 0.25) is 0 Å². The summed E-state index contributed by atoms with van der Waals surface area (Å²) >= 11 is 6.01. The van der Waals surface area contributed by atoms with E-state index in [4.69, 9.17) is 16.3 Å². The average Bonchev–Trinajstić information content (AvgIpc) is 2.60. The predicted molar refractivity (Wildman–Crippen MR) is 55.8 cm³/mol. The lowest BCUT2D eigenvalue weighted by Crippen LogP contribution is -2.00. The second kappa shape index (κ2) is 3.98. The molecule has 2 heterocycles. The van der Waals surface area contributed by atoms with Crippen LogP contribution in [0.3, 0.4) is 0 Å². The lowest BCUT2D eigenvalue weighted by atomic mass is 10.4. The number of rotatable bonds is 3. The van der Waals surface area contributed by atoms with Gasteiger partial charge in [-0.25, -0.2) is 4.98 Å². The minimum Gasteiger partial charge on any atom is -0.384 e. The van der Waals surface area contributed by atoms with Crippen LogP contribution < -0.4 is 0 Å². The molecule has 0 saturated heterocycles. The SMILES string of the molecule is COCCc1ncc2c(Cl)cccn12. The zero-order valence-corrected chi connectivity index (χ0v) is 8.66. The number of nitrogens with zero attached hydrogens (tertiary/aromatic N) is 2. The van der Waals surface area contributed by atoms with Crippen LogP contribution in [0.2, 0.25) is 5.02 Å². The number of aromatic nitrogens is 2. The number of ether oxygens (including phenoxy) is 1. The van der Waals surface area contributed by atoms with Crippen LogP contribution in [0.4, 0.5) is 0 Å². The van der Waals surface area contributed by atoms with Crippen LogP contribution in [0.15, 0.2) is 24.5 Å².